The van der Waals surface area contributed by atoms with Gasteiger partial charge in [-0.15, -0.1) is 0 Å². The number of carbonyl (C=O) groups is 1. The van der Waals surface area contributed by atoms with E-state index in [4.69, 9.17) is 23.7 Å². The van der Waals surface area contributed by atoms with Gasteiger partial charge in [-0.2, -0.15) is 0 Å². The molecular weight excluding hydrogens is 196 g/mol. The first-order chi connectivity index (χ1) is 6.59. The zero-order valence-electron chi connectivity index (χ0n) is 7.28. The molecule has 1 amide bonds. The summed E-state index contributed by atoms with van der Waals surface area (Å²) >= 11 is 4.78. The van der Waals surface area contributed by atoms with E-state index < -0.39 is 5.91 Å². The molecule has 0 spiro atoms. The Morgan fingerprint density at radius 2 is 1.79 bits per heavy atom. The summed E-state index contributed by atoms with van der Waals surface area (Å²) in [6.07, 6.45) is 0. The molecule has 0 bridgehead atoms. The van der Waals surface area contributed by atoms with E-state index in [-0.39, 0.29) is 0 Å². The lowest BCUT2D eigenvalue weighted by atomic mass is 10.1. The van der Waals surface area contributed by atoms with Gasteiger partial charge >= 0.3 is 0 Å². The largest absolute Gasteiger partial charge is 0.389 e. The van der Waals surface area contributed by atoms with Gasteiger partial charge in [0.05, 0.1) is 0 Å². The second-order valence-corrected chi connectivity index (χ2v) is 3.00. The third-order valence-corrected chi connectivity index (χ3v) is 1.74. The molecule has 0 atom stereocenters. The number of hydrogen-bond acceptors (Lipinski definition) is 2. The summed E-state index contributed by atoms with van der Waals surface area (Å²) in [5, 5.41) is 0. The maximum absolute atomic E-state index is 10.4. The summed E-state index contributed by atoms with van der Waals surface area (Å²) in [5.74, 6) is 4.19. The van der Waals surface area contributed by atoms with E-state index in [1.807, 2.05) is 0 Å². The molecule has 0 unspecified atom stereocenters. The van der Waals surface area contributed by atoms with Crippen molar-refractivity contribution in [3.63, 3.8) is 0 Å². The van der Waals surface area contributed by atoms with Gasteiger partial charge < -0.3 is 11.5 Å². The van der Waals surface area contributed by atoms with E-state index in [0.29, 0.717) is 10.6 Å². The van der Waals surface area contributed by atoms with Crippen LogP contribution in [0.25, 0.3) is 0 Å². The Morgan fingerprint density at radius 3 is 2.21 bits per heavy atom. The summed E-state index contributed by atoms with van der Waals surface area (Å²) < 4.78 is 0. The molecule has 0 heterocycles. The highest BCUT2D eigenvalue weighted by Gasteiger charge is 1.94. The van der Waals surface area contributed by atoms with Crippen molar-refractivity contribution in [1.29, 1.82) is 0 Å². The fourth-order valence-corrected chi connectivity index (χ4v) is 0.988. The van der Waals surface area contributed by atoms with Crippen LogP contribution in [-0.2, 0) is 4.79 Å². The standard InChI is InChI=1S/C10H8N2OS/c11-9(13)6-3-7-1-4-8(5-2-7)10(12)14/h1-2,4-5H,(H2,11,13)(H2,12,14). The molecule has 1 rings (SSSR count). The van der Waals surface area contributed by atoms with Crippen molar-refractivity contribution in [2.24, 2.45) is 11.5 Å². The molecule has 0 aliphatic rings. The van der Waals surface area contributed by atoms with Gasteiger partial charge in [0.15, 0.2) is 0 Å². The van der Waals surface area contributed by atoms with Crippen molar-refractivity contribution in [1.82, 2.24) is 0 Å². The van der Waals surface area contributed by atoms with Gasteiger partial charge in [0.1, 0.15) is 4.99 Å². The highest BCUT2D eigenvalue weighted by molar-refractivity contribution is 7.80. The zero-order chi connectivity index (χ0) is 10.6. The Hall–Kier alpha value is -1.86. The molecule has 70 valence electrons. The highest BCUT2D eigenvalue weighted by Crippen LogP contribution is 2.02. The summed E-state index contributed by atoms with van der Waals surface area (Å²) in [7, 11) is 0. The molecule has 0 radical (unpaired) electrons. The van der Waals surface area contributed by atoms with Crippen LogP contribution in [-0.4, -0.2) is 10.9 Å². The van der Waals surface area contributed by atoms with Gasteiger partial charge in [0.2, 0.25) is 0 Å². The van der Waals surface area contributed by atoms with Crippen LogP contribution < -0.4 is 11.5 Å². The number of amides is 1. The van der Waals surface area contributed by atoms with Crippen LogP contribution in [0.5, 0.6) is 0 Å². The number of benzene rings is 1. The number of hydrogen-bond donors (Lipinski definition) is 2. The average molecular weight is 204 g/mol. The fourth-order valence-electron chi connectivity index (χ4n) is 0.852. The molecule has 0 aliphatic carbocycles. The van der Waals surface area contributed by atoms with Crippen molar-refractivity contribution in [3.05, 3.63) is 35.4 Å². The summed E-state index contributed by atoms with van der Waals surface area (Å²) in [5.41, 5.74) is 11.7. The molecule has 0 aromatic heterocycles. The maximum atomic E-state index is 10.4. The van der Waals surface area contributed by atoms with Gasteiger partial charge in [0, 0.05) is 11.1 Å². The monoisotopic (exact) mass is 204 g/mol. The molecule has 0 saturated carbocycles. The number of rotatable bonds is 1. The van der Waals surface area contributed by atoms with E-state index in [2.05, 4.69) is 11.8 Å². The third kappa shape index (κ3) is 2.88. The Morgan fingerprint density at radius 1 is 1.21 bits per heavy atom. The SMILES string of the molecule is NC(=O)C#Cc1ccc(C(N)=S)cc1. The average Bonchev–Trinajstić information content (AvgIpc) is 2.15. The first-order valence-corrected chi connectivity index (χ1v) is 4.22. The molecule has 14 heavy (non-hydrogen) atoms. The molecular formula is C10H8N2OS. The lowest BCUT2D eigenvalue weighted by Gasteiger charge is -1.96. The van der Waals surface area contributed by atoms with E-state index in [0.717, 1.165) is 5.56 Å². The highest BCUT2D eigenvalue weighted by atomic mass is 32.1. The first-order valence-electron chi connectivity index (χ1n) is 3.81. The van der Waals surface area contributed by atoms with Crippen LogP contribution in [0.3, 0.4) is 0 Å². The third-order valence-electron chi connectivity index (χ3n) is 1.50. The van der Waals surface area contributed by atoms with Crippen LogP contribution in [0.1, 0.15) is 11.1 Å². The Kier molecular flexibility index (Phi) is 3.21. The Balaban J connectivity index is 2.91. The minimum atomic E-state index is -0.650. The second-order valence-electron chi connectivity index (χ2n) is 2.56. The lowest BCUT2D eigenvalue weighted by Crippen LogP contribution is -2.08. The van der Waals surface area contributed by atoms with Crippen LogP contribution >= 0.6 is 12.2 Å². The first kappa shape index (κ1) is 10.2. The smallest absolute Gasteiger partial charge is 0.293 e. The van der Waals surface area contributed by atoms with E-state index in [1.54, 1.807) is 24.3 Å². The quantitative estimate of drug-likeness (QED) is 0.505. The van der Waals surface area contributed by atoms with Gasteiger partial charge in [0.25, 0.3) is 5.91 Å². The van der Waals surface area contributed by atoms with Crippen molar-refractivity contribution in [3.8, 4) is 11.8 Å². The van der Waals surface area contributed by atoms with Crippen LogP contribution in [0.2, 0.25) is 0 Å². The van der Waals surface area contributed by atoms with Crippen molar-refractivity contribution < 1.29 is 4.79 Å². The second kappa shape index (κ2) is 4.40. The van der Waals surface area contributed by atoms with Gasteiger partial charge in [-0.1, -0.05) is 30.3 Å². The van der Waals surface area contributed by atoms with Gasteiger partial charge in [-0.3, -0.25) is 4.79 Å². The van der Waals surface area contributed by atoms with E-state index in [1.165, 1.54) is 0 Å². The lowest BCUT2D eigenvalue weighted by molar-refractivity contribution is -0.112. The molecule has 0 saturated heterocycles. The van der Waals surface area contributed by atoms with E-state index >= 15 is 0 Å². The maximum Gasteiger partial charge on any atom is 0.293 e. The number of primary amides is 1. The predicted octanol–water partition coefficient (Wildman–Crippen LogP) is 0.158. The van der Waals surface area contributed by atoms with Crippen LogP contribution in [0.15, 0.2) is 24.3 Å². The van der Waals surface area contributed by atoms with Crippen LogP contribution in [0.4, 0.5) is 0 Å². The fraction of sp³-hybridized carbons (Fsp3) is 0. The van der Waals surface area contributed by atoms with Crippen molar-refractivity contribution in [2.75, 3.05) is 0 Å². The predicted molar refractivity (Wildman–Crippen MR) is 58.4 cm³/mol. The van der Waals surface area contributed by atoms with Gasteiger partial charge in [-0.05, 0) is 18.1 Å². The number of carbonyl (C=O) groups excluding carboxylic acids is 1. The molecule has 0 fully saturated rings. The molecule has 0 aliphatic heterocycles. The number of nitrogens with two attached hydrogens (primary N) is 2. The van der Waals surface area contributed by atoms with Gasteiger partial charge in [-0.25, -0.2) is 0 Å². The van der Waals surface area contributed by atoms with Crippen LogP contribution in [0, 0.1) is 11.8 Å². The molecule has 1 aromatic carbocycles. The van der Waals surface area contributed by atoms with E-state index in [9.17, 15) is 4.79 Å². The van der Waals surface area contributed by atoms with Crippen molar-refractivity contribution in [2.45, 2.75) is 0 Å². The van der Waals surface area contributed by atoms with Crippen molar-refractivity contribution >= 4 is 23.1 Å². The minimum absolute atomic E-state index is 0.333. The molecule has 3 nitrogen and oxygen atoms in total. The molecule has 4 N–H and O–H groups in total. The minimum Gasteiger partial charge on any atom is -0.389 e. The summed E-state index contributed by atoms with van der Waals surface area (Å²) in [6.45, 7) is 0. The Bertz CT molecular complexity index is 426. The zero-order valence-corrected chi connectivity index (χ0v) is 8.10. The summed E-state index contributed by atoms with van der Waals surface area (Å²) in [6, 6.07) is 6.94. The Labute approximate surface area is 87.1 Å². The summed E-state index contributed by atoms with van der Waals surface area (Å²) in [4.78, 5) is 10.7. The number of thiocarbonyl (C=S) groups is 1. The molecule has 4 heteroatoms. The topological polar surface area (TPSA) is 69.1 Å². The normalized spacial score (nSPS) is 8.57. The molecule has 1 aromatic rings.